The molecule has 0 saturated carbocycles. The van der Waals surface area contributed by atoms with Gasteiger partial charge in [0.05, 0.1) is 17.1 Å². The van der Waals surface area contributed by atoms with Crippen LogP contribution in [0.15, 0.2) is 69.0 Å². The van der Waals surface area contributed by atoms with Gasteiger partial charge in [-0.1, -0.05) is 59.6 Å². The zero-order valence-electron chi connectivity index (χ0n) is 17.6. The van der Waals surface area contributed by atoms with Crippen molar-refractivity contribution in [1.29, 1.82) is 5.26 Å². The van der Waals surface area contributed by atoms with Crippen LogP contribution in [0.1, 0.15) is 31.2 Å². The molecule has 6 nitrogen and oxygen atoms in total. The van der Waals surface area contributed by atoms with Crippen LogP contribution in [0.2, 0.25) is 0 Å². The Labute approximate surface area is 193 Å². The summed E-state index contributed by atoms with van der Waals surface area (Å²) in [6, 6.07) is 19.1. The van der Waals surface area contributed by atoms with Gasteiger partial charge < -0.3 is 4.74 Å². The van der Waals surface area contributed by atoms with Gasteiger partial charge in [0.2, 0.25) is 0 Å². The predicted molar refractivity (Wildman–Crippen MR) is 130 cm³/mol. The van der Waals surface area contributed by atoms with Gasteiger partial charge in [-0.25, -0.2) is 4.98 Å². The van der Waals surface area contributed by atoms with E-state index in [0.29, 0.717) is 34.5 Å². The number of hydrogen-bond acceptors (Lipinski definition) is 5. The summed E-state index contributed by atoms with van der Waals surface area (Å²) < 4.78 is 7.82. The molecule has 7 heteroatoms. The van der Waals surface area contributed by atoms with Gasteiger partial charge in [0.15, 0.2) is 6.61 Å². The van der Waals surface area contributed by atoms with Crippen molar-refractivity contribution in [2.24, 2.45) is 5.10 Å². The summed E-state index contributed by atoms with van der Waals surface area (Å²) in [5.41, 5.74) is 1.14. The van der Waals surface area contributed by atoms with Crippen molar-refractivity contribution in [3.05, 3.63) is 80.8 Å². The lowest BCUT2D eigenvalue weighted by Crippen LogP contribution is -2.22. The van der Waals surface area contributed by atoms with Crippen molar-refractivity contribution in [2.45, 2.75) is 26.2 Å². The number of ether oxygens (including phenoxy) is 1. The maximum absolute atomic E-state index is 13.3. The first kappa shape index (κ1) is 21.7. The molecule has 0 aliphatic carbocycles. The molecule has 0 saturated heterocycles. The summed E-state index contributed by atoms with van der Waals surface area (Å²) >= 11 is 3.43. The number of nitrogens with zero attached hydrogens (tertiary/aromatic N) is 4. The molecule has 1 aromatic heterocycles. The Kier molecular flexibility index (Phi) is 6.62. The van der Waals surface area contributed by atoms with Crippen molar-refractivity contribution in [1.82, 2.24) is 9.66 Å². The van der Waals surface area contributed by atoms with Crippen LogP contribution in [0.4, 0.5) is 0 Å². The van der Waals surface area contributed by atoms with Crippen LogP contribution >= 0.6 is 15.9 Å². The fourth-order valence-electron chi connectivity index (χ4n) is 3.57. The van der Waals surface area contributed by atoms with Crippen LogP contribution < -0.4 is 10.3 Å². The van der Waals surface area contributed by atoms with Crippen molar-refractivity contribution in [3.63, 3.8) is 0 Å². The molecule has 4 rings (SSSR count). The normalized spacial score (nSPS) is 11.3. The third-order valence-corrected chi connectivity index (χ3v) is 5.65. The summed E-state index contributed by atoms with van der Waals surface area (Å²) in [5.74, 6) is 1.15. The fourth-order valence-corrected chi connectivity index (χ4v) is 3.93. The first-order valence-corrected chi connectivity index (χ1v) is 11.2. The summed E-state index contributed by atoms with van der Waals surface area (Å²) in [5, 5.41) is 15.9. The first-order valence-electron chi connectivity index (χ1n) is 10.4. The molecule has 0 aliphatic rings. The Hall–Kier alpha value is -3.50. The zero-order chi connectivity index (χ0) is 22.5. The quantitative estimate of drug-likeness (QED) is 0.324. The number of benzene rings is 3. The van der Waals surface area contributed by atoms with E-state index in [0.717, 1.165) is 28.1 Å². The van der Waals surface area contributed by atoms with E-state index in [2.05, 4.69) is 28.0 Å². The second kappa shape index (κ2) is 9.75. The van der Waals surface area contributed by atoms with Gasteiger partial charge in [0, 0.05) is 16.5 Å². The third kappa shape index (κ3) is 4.41. The highest BCUT2D eigenvalue weighted by Gasteiger charge is 2.12. The highest BCUT2D eigenvalue weighted by atomic mass is 79.9. The Morgan fingerprint density at radius 3 is 2.84 bits per heavy atom. The highest BCUT2D eigenvalue weighted by molar-refractivity contribution is 9.10. The van der Waals surface area contributed by atoms with E-state index in [1.165, 1.54) is 4.68 Å². The Bertz CT molecular complexity index is 1420. The number of aromatic nitrogens is 2. The van der Waals surface area contributed by atoms with Gasteiger partial charge in [-0.2, -0.15) is 15.0 Å². The third-order valence-electron chi connectivity index (χ3n) is 5.15. The van der Waals surface area contributed by atoms with Crippen molar-refractivity contribution >= 4 is 43.8 Å². The molecular weight excluding hydrogens is 468 g/mol. The molecule has 3 aromatic carbocycles. The van der Waals surface area contributed by atoms with Gasteiger partial charge in [0.1, 0.15) is 17.6 Å². The minimum Gasteiger partial charge on any atom is -0.478 e. The zero-order valence-corrected chi connectivity index (χ0v) is 19.2. The molecule has 0 fully saturated rings. The average Bonchev–Trinajstić information content (AvgIpc) is 2.81. The number of hydrogen-bond donors (Lipinski definition) is 0. The molecule has 0 spiro atoms. The standard InChI is InChI=1S/C25H21BrN4O2/c1-2-3-8-24-29-22-11-10-18(26)15-20(22)25(31)30(24)28-16-21-19-7-5-4-6-17(19)9-12-23(21)32-14-13-27/h4-7,9-12,15-16H,2-3,8,14H2,1H3. The highest BCUT2D eigenvalue weighted by Crippen LogP contribution is 2.27. The van der Waals surface area contributed by atoms with Gasteiger partial charge in [-0.05, 0) is 41.5 Å². The number of rotatable bonds is 7. The van der Waals surface area contributed by atoms with Gasteiger partial charge in [-0.15, -0.1) is 0 Å². The second-order valence-corrected chi connectivity index (χ2v) is 8.22. The number of nitriles is 1. The number of unbranched alkanes of at least 4 members (excludes halogenated alkanes) is 1. The van der Waals surface area contributed by atoms with E-state index in [1.54, 1.807) is 12.3 Å². The fraction of sp³-hybridized carbons (Fsp3) is 0.200. The SMILES string of the molecule is CCCCc1nc2ccc(Br)cc2c(=O)n1N=Cc1c(OCC#N)ccc2ccccc12. The summed E-state index contributed by atoms with van der Waals surface area (Å²) in [7, 11) is 0. The summed E-state index contributed by atoms with van der Waals surface area (Å²) in [4.78, 5) is 18.0. The molecule has 0 bridgehead atoms. The van der Waals surface area contributed by atoms with Crippen LogP contribution in [0, 0.1) is 11.3 Å². The van der Waals surface area contributed by atoms with Crippen LogP contribution in [0.25, 0.3) is 21.7 Å². The van der Waals surface area contributed by atoms with Crippen LogP contribution in [0.3, 0.4) is 0 Å². The molecule has 0 aliphatic heterocycles. The molecule has 4 aromatic rings. The maximum Gasteiger partial charge on any atom is 0.282 e. The summed E-state index contributed by atoms with van der Waals surface area (Å²) in [6.07, 6.45) is 4.14. The molecule has 0 unspecified atom stereocenters. The number of aryl methyl sites for hydroxylation is 1. The Morgan fingerprint density at radius 2 is 2.03 bits per heavy atom. The number of halogens is 1. The lowest BCUT2D eigenvalue weighted by atomic mass is 10.0. The van der Waals surface area contributed by atoms with Gasteiger partial charge >= 0.3 is 0 Å². The summed E-state index contributed by atoms with van der Waals surface area (Å²) in [6.45, 7) is 2.02. The first-order chi connectivity index (χ1) is 15.6. The smallest absolute Gasteiger partial charge is 0.282 e. The Balaban J connectivity index is 1.90. The monoisotopic (exact) mass is 488 g/mol. The second-order valence-electron chi connectivity index (χ2n) is 7.30. The van der Waals surface area contributed by atoms with E-state index < -0.39 is 0 Å². The molecular formula is C25H21BrN4O2. The number of fused-ring (bicyclic) bond motifs is 2. The largest absolute Gasteiger partial charge is 0.478 e. The van der Waals surface area contributed by atoms with Crippen LogP contribution in [-0.2, 0) is 6.42 Å². The molecule has 32 heavy (non-hydrogen) atoms. The van der Waals surface area contributed by atoms with Crippen molar-refractivity contribution in [3.8, 4) is 11.8 Å². The Morgan fingerprint density at radius 1 is 1.19 bits per heavy atom. The molecule has 0 amide bonds. The van der Waals surface area contributed by atoms with E-state index >= 15 is 0 Å². The predicted octanol–water partition coefficient (Wildman–Crippen LogP) is 5.44. The average molecular weight is 489 g/mol. The maximum atomic E-state index is 13.3. The minimum atomic E-state index is -0.224. The van der Waals surface area contributed by atoms with Crippen molar-refractivity contribution < 1.29 is 4.74 Å². The van der Waals surface area contributed by atoms with Crippen molar-refractivity contribution in [2.75, 3.05) is 6.61 Å². The van der Waals surface area contributed by atoms with Gasteiger partial charge in [0.25, 0.3) is 5.56 Å². The molecule has 160 valence electrons. The molecule has 0 N–H and O–H groups in total. The van der Waals surface area contributed by atoms with Crippen LogP contribution in [-0.4, -0.2) is 22.5 Å². The molecule has 0 atom stereocenters. The van der Waals surface area contributed by atoms with E-state index in [9.17, 15) is 4.79 Å². The van der Waals surface area contributed by atoms with Crippen LogP contribution in [0.5, 0.6) is 5.75 Å². The molecule has 0 radical (unpaired) electrons. The minimum absolute atomic E-state index is 0.0769. The van der Waals surface area contributed by atoms with E-state index in [-0.39, 0.29) is 12.2 Å². The van der Waals surface area contributed by atoms with E-state index in [4.69, 9.17) is 15.0 Å². The lowest BCUT2D eigenvalue weighted by Gasteiger charge is -2.11. The van der Waals surface area contributed by atoms with E-state index in [1.807, 2.05) is 54.6 Å². The molecule has 1 heterocycles. The van der Waals surface area contributed by atoms with Gasteiger partial charge in [-0.3, -0.25) is 4.79 Å². The topological polar surface area (TPSA) is 80.3 Å². The lowest BCUT2D eigenvalue weighted by molar-refractivity contribution is 0.368.